The van der Waals surface area contributed by atoms with Gasteiger partial charge in [-0.25, -0.2) is 0 Å². The van der Waals surface area contributed by atoms with Crippen molar-refractivity contribution in [3.63, 3.8) is 0 Å². The number of nitrogens with one attached hydrogen (secondary N) is 1. The summed E-state index contributed by atoms with van der Waals surface area (Å²) < 4.78 is 0. The summed E-state index contributed by atoms with van der Waals surface area (Å²) in [4.78, 5) is 15.8. The summed E-state index contributed by atoms with van der Waals surface area (Å²) in [5, 5.41) is 13.2. The van der Waals surface area contributed by atoms with Crippen LogP contribution >= 0.6 is 11.3 Å². The second-order valence-electron chi connectivity index (χ2n) is 6.51. The number of hydrogen-bond donors (Lipinski definition) is 1. The second kappa shape index (κ2) is 6.80. The van der Waals surface area contributed by atoms with Crippen LogP contribution in [0.3, 0.4) is 0 Å². The second-order valence-corrected chi connectivity index (χ2v) is 7.62. The van der Waals surface area contributed by atoms with Gasteiger partial charge in [-0.15, -0.1) is 11.3 Å². The average molecular weight is 317 g/mol. The predicted octanol–water partition coefficient (Wildman–Crippen LogP) is 3.17. The van der Waals surface area contributed by atoms with Gasteiger partial charge < -0.3 is 10.2 Å². The summed E-state index contributed by atoms with van der Waals surface area (Å²) in [6, 6.07) is 2.31. The highest BCUT2D eigenvalue weighted by atomic mass is 32.1. The van der Waals surface area contributed by atoms with Gasteiger partial charge >= 0.3 is 0 Å². The van der Waals surface area contributed by atoms with E-state index in [4.69, 9.17) is 0 Å². The first-order chi connectivity index (χ1) is 10.7. The number of anilines is 1. The Kier molecular flexibility index (Phi) is 4.80. The number of carbonyl (C=O) groups excluding carboxylic acids is 1. The molecule has 0 radical (unpaired) electrons. The first-order valence-electron chi connectivity index (χ1n) is 8.24. The van der Waals surface area contributed by atoms with Crippen molar-refractivity contribution in [1.82, 2.24) is 4.90 Å². The van der Waals surface area contributed by atoms with Crippen LogP contribution in [0.25, 0.3) is 0 Å². The molecule has 1 fully saturated rings. The predicted molar refractivity (Wildman–Crippen MR) is 89.1 cm³/mol. The minimum Gasteiger partial charge on any atom is -0.317 e. The normalized spacial score (nSPS) is 21.4. The molecule has 0 spiro atoms. The van der Waals surface area contributed by atoms with Crippen LogP contribution in [0.1, 0.15) is 48.6 Å². The van der Waals surface area contributed by atoms with Crippen molar-refractivity contribution in [3.05, 3.63) is 16.0 Å². The summed E-state index contributed by atoms with van der Waals surface area (Å²) >= 11 is 1.61. The quantitative estimate of drug-likeness (QED) is 0.928. The van der Waals surface area contributed by atoms with Gasteiger partial charge in [-0.3, -0.25) is 4.79 Å². The fourth-order valence-corrected chi connectivity index (χ4v) is 4.79. The standard InChI is InChI=1S/C17H23N3OS/c1-12-4-5-13-14(11-18)17(22-15(13)10-12)19-16(21)6-9-20-7-2-3-8-20/h12H,2-10H2,1H3,(H,19,21)/t12-/m0/s1. The molecule has 118 valence electrons. The van der Waals surface area contributed by atoms with Gasteiger partial charge in [0.1, 0.15) is 11.1 Å². The molecular formula is C17H23N3OS. The number of nitriles is 1. The molecular weight excluding hydrogens is 294 g/mol. The third kappa shape index (κ3) is 3.34. The number of hydrogen-bond acceptors (Lipinski definition) is 4. The fraction of sp³-hybridized carbons (Fsp3) is 0.647. The summed E-state index contributed by atoms with van der Waals surface area (Å²) in [6.45, 7) is 5.31. The molecule has 1 N–H and O–H groups in total. The molecule has 2 heterocycles. The smallest absolute Gasteiger partial charge is 0.226 e. The first kappa shape index (κ1) is 15.5. The zero-order valence-electron chi connectivity index (χ0n) is 13.2. The number of carbonyl (C=O) groups is 1. The highest BCUT2D eigenvalue weighted by molar-refractivity contribution is 7.16. The van der Waals surface area contributed by atoms with Gasteiger partial charge in [-0.2, -0.15) is 5.26 Å². The van der Waals surface area contributed by atoms with Gasteiger partial charge in [0.15, 0.2) is 0 Å². The van der Waals surface area contributed by atoms with Crippen molar-refractivity contribution >= 4 is 22.2 Å². The Morgan fingerprint density at radius 2 is 2.23 bits per heavy atom. The van der Waals surface area contributed by atoms with E-state index >= 15 is 0 Å². The highest BCUT2D eigenvalue weighted by Gasteiger charge is 2.24. The van der Waals surface area contributed by atoms with Crippen molar-refractivity contribution in [2.75, 3.05) is 25.0 Å². The monoisotopic (exact) mass is 317 g/mol. The number of amides is 1. The fourth-order valence-electron chi connectivity index (χ4n) is 3.41. The number of likely N-dealkylation sites (tertiary alicyclic amines) is 1. The zero-order valence-corrected chi connectivity index (χ0v) is 14.0. The molecule has 0 saturated carbocycles. The third-order valence-electron chi connectivity index (χ3n) is 4.73. The lowest BCUT2D eigenvalue weighted by atomic mass is 9.89. The highest BCUT2D eigenvalue weighted by Crippen LogP contribution is 2.39. The van der Waals surface area contributed by atoms with Gasteiger partial charge in [-0.1, -0.05) is 6.92 Å². The largest absolute Gasteiger partial charge is 0.317 e. The Hall–Kier alpha value is -1.38. The Bertz CT molecular complexity index is 596. The van der Waals surface area contributed by atoms with E-state index in [-0.39, 0.29) is 5.91 Å². The van der Waals surface area contributed by atoms with Crippen LogP contribution in [-0.2, 0) is 17.6 Å². The van der Waals surface area contributed by atoms with E-state index in [0.717, 1.165) is 43.9 Å². The van der Waals surface area contributed by atoms with E-state index in [1.54, 1.807) is 11.3 Å². The van der Waals surface area contributed by atoms with Crippen molar-refractivity contribution < 1.29 is 4.79 Å². The maximum atomic E-state index is 12.2. The summed E-state index contributed by atoms with van der Waals surface area (Å²) in [6.07, 6.45) is 6.16. The maximum absolute atomic E-state index is 12.2. The lowest BCUT2D eigenvalue weighted by Crippen LogP contribution is -2.25. The Labute approximate surface area is 136 Å². The van der Waals surface area contributed by atoms with Gasteiger partial charge in [-0.05, 0) is 56.7 Å². The lowest BCUT2D eigenvalue weighted by molar-refractivity contribution is -0.116. The van der Waals surface area contributed by atoms with Crippen LogP contribution in [0.15, 0.2) is 0 Å². The van der Waals surface area contributed by atoms with E-state index in [0.29, 0.717) is 17.9 Å². The lowest BCUT2D eigenvalue weighted by Gasteiger charge is -2.17. The molecule has 1 aromatic heterocycles. The van der Waals surface area contributed by atoms with Crippen molar-refractivity contribution in [3.8, 4) is 6.07 Å². The molecule has 1 aliphatic heterocycles. The van der Waals surface area contributed by atoms with E-state index in [1.165, 1.54) is 23.3 Å². The first-order valence-corrected chi connectivity index (χ1v) is 9.06. The summed E-state index contributed by atoms with van der Waals surface area (Å²) in [5.41, 5.74) is 1.89. The SMILES string of the molecule is C[C@H]1CCc2c(sc(NC(=O)CCN3CCCC3)c2C#N)C1. The summed E-state index contributed by atoms with van der Waals surface area (Å²) in [5.74, 6) is 0.714. The average Bonchev–Trinajstić information content (AvgIpc) is 3.11. The zero-order chi connectivity index (χ0) is 15.5. The van der Waals surface area contributed by atoms with Gasteiger partial charge in [0.2, 0.25) is 5.91 Å². The maximum Gasteiger partial charge on any atom is 0.226 e. The Balaban J connectivity index is 1.64. The minimum absolute atomic E-state index is 0.0371. The molecule has 0 unspecified atom stereocenters. The molecule has 2 aliphatic rings. The Morgan fingerprint density at radius 1 is 1.45 bits per heavy atom. The molecule has 3 rings (SSSR count). The topological polar surface area (TPSA) is 56.1 Å². The van der Waals surface area contributed by atoms with Crippen molar-refractivity contribution in [2.24, 2.45) is 5.92 Å². The molecule has 0 aromatic carbocycles. The van der Waals surface area contributed by atoms with Gasteiger partial charge in [0, 0.05) is 17.8 Å². The van der Waals surface area contributed by atoms with E-state index in [1.807, 2.05) is 0 Å². The molecule has 22 heavy (non-hydrogen) atoms. The van der Waals surface area contributed by atoms with Gasteiger partial charge in [0.05, 0.1) is 5.56 Å². The number of fused-ring (bicyclic) bond motifs is 1. The molecule has 1 aliphatic carbocycles. The van der Waals surface area contributed by atoms with Crippen LogP contribution in [0, 0.1) is 17.2 Å². The molecule has 1 aromatic rings. The van der Waals surface area contributed by atoms with Gasteiger partial charge in [0.25, 0.3) is 0 Å². The molecule has 1 saturated heterocycles. The van der Waals surface area contributed by atoms with Crippen LogP contribution in [0.5, 0.6) is 0 Å². The van der Waals surface area contributed by atoms with E-state index in [2.05, 4.69) is 23.2 Å². The molecule has 1 amide bonds. The molecule has 0 bridgehead atoms. The van der Waals surface area contributed by atoms with Crippen LogP contribution < -0.4 is 5.32 Å². The van der Waals surface area contributed by atoms with Crippen LogP contribution in [0.2, 0.25) is 0 Å². The van der Waals surface area contributed by atoms with Crippen LogP contribution in [-0.4, -0.2) is 30.4 Å². The molecule has 5 heteroatoms. The third-order valence-corrected chi connectivity index (χ3v) is 5.90. The van der Waals surface area contributed by atoms with Crippen LogP contribution in [0.4, 0.5) is 5.00 Å². The van der Waals surface area contributed by atoms with Crippen molar-refractivity contribution in [1.29, 1.82) is 5.26 Å². The minimum atomic E-state index is 0.0371. The van der Waals surface area contributed by atoms with E-state index < -0.39 is 0 Å². The van der Waals surface area contributed by atoms with Crippen molar-refractivity contribution in [2.45, 2.75) is 45.4 Å². The number of thiophene rings is 1. The van der Waals surface area contributed by atoms with E-state index in [9.17, 15) is 10.1 Å². The molecule has 1 atom stereocenters. The molecule has 4 nitrogen and oxygen atoms in total. The summed E-state index contributed by atoms with van der Waals surface area (Å²) in [7, 11) is 0. The number of nitrogens with zero attached hydrogens (tertiary/aromatic N) is 2. The Morgan fingerprint density at radius 3 is 2.95 bits per heavy atom. The number of rotatable bonds is 4.